The molecule has 2 aliphatic rings. The Labute approximate surface area is 197 Å². The van der Waals surface area contributed by atoms with Crippen LogP contribution in [-0.2, 0) is 17.6 Å². The van der Waals surface area contributed by atoms with Crippen LogP contribution in [0, 0.1) is 11.7 Å². The summed E-state index contributed by atoms with van der Waals surface area (Å²) >= 11 is 1.70. The normalized spacial score (nSPS) is 17.5. The van der Waals surface area contributed by atoms with E-state index in [1.165, 1.54) is 22.6 Å². The molecule has 2 unspecified atom stereocenters. The third-order valence-electron chi connectivity index (χ3n) is 6.94. The van der Waals surface area contributed by atoms with Crippen molar-refractivity contribution in [2.45, 2.75) is 30.6 Å². The molecule has 0 saturated carbocycles. The minimum absolute atomic E-state index is 0.0230. The molecule has 0 bridgehead atoms. The minimum Gasteiger partial charge on any atom is -0.481 e. The summed E-state index contributed by atoms with van der Waals surface area (Å²) in [5.41, 5.74) is 7.62. The fourth-order valence-electron chi connectivity index (χ4n) is 5.34. The summed E-state index contributed by atoms with van der Waals surface area (Å²) in [5, 5.41) is 10.4. The largest absolute Gasteiger partial charge is 0.481 e. The molecule has 0 heterocycles. The maximum absolute atomic E-state index is 14.4. The lowest BCUT2D eigenvalue weighted by Crippen LogP contribution is -2.17. The van der Waals surface area contributed by atoms with E-state index >= 15 is 0 Å². The third-order valence-corrected chi connectivity index (χ3v) is 7.69. The van der Waals surface area contributed by atoms with E-state index in [9.17, 15) is 14.3 Å². The molecule has 3 aromatic carbocycles. The molecule has 166 valence electrons. The fourth-order valence-corrected chi connectivity index (χ4v) is 5.75. The monoisotopic (exact) mass is 456 g/mol. The van der Waals surface area contributed by atoms with Gasteiger partial charge in [-0.15, -0.1) is 11.8 Å². The van der Waals surface area contributed by atoms with E-state index in [0.717, 1.165) is 51.8 Å². The third kappa shape index (κ3) is 3.83. The van der Waals surface area contributed by atoms with Crippen LogP contribution in [-0.4, -0.2) is 17.3 Å². The Bertz CT molecular complexity index is 1300. The van der Waals surface area contributed by atoms with Crippen molar-refractivity contribution in [3.8, 4) is 0 Å². The number of thioether (sulfide) groups is 1. The quantitative estimate of drug-likeness (QED) is 0.406. The summed E-state index contributed by atoms with van der Waals surface area (Å²) in [5.74, 6) is -2.03. The van der Waals surface area contributed by atoms with Crippen molar-refractivity contribution >= 4 is 28.9 Å². The van der Waals surface area contributed by atoms with E-state index < -0.39 is 11.9 Å². The average molecular weight is 457 g/mol. The van der Waals surface area contributed by atoms with Gasteiger partial charge in [-0.3, -0.25) is 4.79 Å². The molecule has 2 nitrogen and oxygen atoms in total. The number of hydrogen-bond donors (Lipinski definition) is 1. The second-order valence-corrected chi connectivity index (χ2v) is 9.60. The van der Waals surface area contributed by atoms with Crippen LogP contribution in [0.5, 0.6) is 0 Å². The molecule has 33 heavy (non-hydrogen) atoms. The maximum Gasteiger partial charge on any atom is 0.315 e. The highest BCUT2D eigenvalue weighted by atomic mass is 32.2. The number of aliphatic carboxylic acids is 1. The van der Waals surface area contributed by atoms with Crippen LogP contribution in [0.4, 0.5) is 4.39 Å². The maximum atomic E-state index is 14.4. The molecule has 3 aromatic rings. The molecule has 0 radical (unpaired) electrons. The van der Waals surface area contributed by atoms with Gasteiger partial charge in [0.25, 0.3) is 0 Å². The zero-order valence-electron chi connectivity index (χ0n) is 18.6. The van der Waals surface area contributed by atoms with Gasteiger partial charge in [0.1, 0.15) is 11.7 Å². The van der Waals surface area contributed by atoms with Gasteiger partial charge in [-0.1, -0.05) is 54.1 Å². The first-order chi connectivity index (χ1) is 16.0. The van der Waals surface area contributed by atoms with E-state index in [-0.39, 0.29) is 11.7 Å². The number of carboxylic acids is 1. The highest BCUT2D eigenvalue weighted by Gasteiger charge is 2.39. The van der Waals surface area contributed by atoms with Gasteiger partial charge in [0.2, 0.25) is 0 Å². The van der Waals surface area contributed by atoms with E-state index in [1.54, 1.807) is 11.8 Å². The van der Waals surface area contributed by atoms with Crippen molar-refractivity contribution in [1.82, 2.24) is 0 Å². The summed E-state index contributed by atoms with van der Waals surface area (Å²) in [7, 11) is 0. The Hall–Kier alpha value is -3.11. The Kier molecular flexibility index (Phi) is 5.71. The van der Waals surface area contributed by atoms with Crippen LogP contribution in [0.3, 0.4) is 0 Å². The lowest BCUT2D eigenvalue weighted by Gasteiger charge is -2.20. The summed E-state index contributed by atoms with van der Waals surface area (Å²) in [6, 6.07) is 21.3. The molecule has 2 atom stereocenters. The van der Waals surface area contributed by atoms with Gasteiger partial charge in [-0.2, -0.15) is 0 Å². The van der Waals surface area contributed by atoms with Gasteiger partial charge in [0.05, 0.1) is 0 Å². The smallest absolute Gasteiger partial charge is 0.315 e. The number of carbonyl (C=O) groups is 1. The Balaban J connectivity index is 1.61. The topological polar surface area (TPSA) is 37.3 Å². The van der Waals surface area contributed by atoms with Crippen molar-refractivity contribution in [1.29, 1.82) is 0 Å². The molecule has 4 heteroatoms. The van der Waals surface area contributed by atoms with Gasteiger partial charge in [-0.05, 0) is 89.3 Å². The molecule has 0 saturated heterocycles. The number of hydrogen-bond acceptors (Lipinski definition) is 2. The zero-order valence-corrected chi connectivity index (χ0v) is 19.5. The summed E-state index contributed by atoms with van der Waals surface area (Å²) in [6.45, 7) is 2.02. The number of fused-ring (bicyclic) bond motifs is 2. The predicted molar refractivity (Wildman–Crippen MR) is 133 cm³/mol. The van der Waals surface area contributed by atoms with Crippen molar-refractivity contribution < 1.29 is 14.3 Å². The van der Waals surface area contributed by atoms with Crippen molar-refractivity contribution in [2.75, 3.05) is 6.26 Å². The Morgan fingerprint density at radius 3 is 2.58 bits per heavy atom. The lowest BCUT2D eigenvalue weighted by atomic mass is 9.83. The van der Waals surface area contributed by atoms with Crippen LogP contribution in [0.15, 0.2) is 83.3 Å². The standard InChI is InChI=1S/C29H25FO2S/c1-17-25(15-18-7-11-21(33-2)12-8-18)23-14-10-20(30)16-26(23)27(17)28(29(31)32)24-13-9-19-5-3-4-6-22(19)24/h3-8,10-14,16,25,28H,9,15H2,1-2H3,(H,31,32). The van der Waals surface area contributed by atoms with Crippen molar-refractivity contribution in [3.63, 3.8) is 0 Å². The second kappa shape index (κ2) is 8.68. The van der Waals surface area contributed by atoms with Crippen molar-refractivity contribution in [2.24, 2.45) is 5.92 Å². The van der Waals surface area contributed by atoms with Crippen LogP contribution in [0.2, 0.25) is 0 Å². The van der Waals surface area contributed by atoms with E-state index in [1.807, 2.05) is 43.3 Å². The molecule has 2 aliphatic carbocycles. The fraction of sp³-hybridized carbons (Fsp3) is 0.207. The zero-order chi connectivity index (χ0) is 23.1. The van der Waals surface area contributed by atoms with Gasteiger partial charge in [-0.25, -0.2) is 4.39 Å². The van der Waals surface area contributed by atoms with Gasteiger partial charge in [0.15, 0.2) is 0 Å². The summed E-state index contributed by atoms with van der Waals surface area (Å²) in [4.78, 5) is 13.9. The first kappa shape index (κ1) is 21.7. The van der Waals surface area contributed by atoms with Crippen molar-refractivity contribution in [3.05, 3.63) is 112 Å². The van der Waals surface area contributed by atoms with Crippen LogP contribution >= 0.6 is 11.8 Å². The molecule has 5 rings (SSSR count). The SMILES string of the molecule is CSc1ccc(CC2C(C)=C(C(C(=O)O)C3=CCc4ccccc43)c3cc(F)ccc32)cc1. The first-order valence-corrected chi connectivity index (χ1v) is 12.3. The van der Waals surface area contributed by atoms with E-state index in [2.05, 4.69) is 30.5 Å². The summed E-state index contributed by atoms with van der Waals surface area (Å²) in [6.07, 6.45) is 5.56. The molecule has 1 N–H and O–H groups in total. The predicted octanol–water partition coefficient (Wildman–Crippen LogP) is 7.00. The number of carboxylic acid groups (broad SMARTS) is 1. The number of rotatable bonds is 6. The number of benzene rings is 3. The minimum atomic E-state index is -0.896. The van der Waals surface area contributed by atoms with Gasteiger partial charge in [0, 0.05) is 10.8 Å². The second-order valence-electron chi connectivity index (χ2n) is 8.73. The summed E-state index contributed by atoms with van der Waals surface area (Å²) < 4.78 is 14.4. The molecular formula is C29H25FO2S. The van der Waals surface area contributed by atoms with Gasteiger partial charge < -0.3 is 5.11 Å². The number of allylic oxidation sites excluding steroid dienone is 2. The Morgan fingerprint density at radius 2 is 1.85 bits per heavy atom. The van der Waals surface area contributed by atoms with E-state index in [4.69, 9.17) is 0 Å². The molecule has 0 aliphatic heterocycles. The first-order valence-electron chi connectivity index (χ1n) is 11.1. The lowest BCUT2D eigenvalue weighted by molar-refractivity contribution is -0.138. The molecular weight excluding hydrogens is 431 g/mol. The highest BCUT2D eigenvalue weighted by molar-refractivity contribution is 7.98. The molecule has 0 spiro atoms. The van der Waals surface area contributed by atoms with Gasteiger partial charge >= 0.3 is 5.97 Å². The highest BCUT2D eigenvalue weighted by Crippen LogP contribution is 2.50. The van der Waals surface area contributed by atoms with Crippen LogP contribution in [0.25, 0.3) is 11.1 Å². The molecule has 0 fully saturated rings. The Morgan fingerprint density at radius 1 is 1.09 bits per heavy atom. The average Bonchev–Trinajstić information content (AvgIpc) is 3.35. The van der Waals surface area contributed by atoms with Crippen LogP contribution in [0.1, 0.15) is 40.7 Å². The molecule has 0 amide bonds. The molecule has 0 aromatic heterocycles. The van der Waals surface area contributed by atoms with Crippen LogP contribution < -0.4 is 0 Å². The van der Waals surface area contributed by atoms with E-state index in [0.29, 0.717) is 0 Å². The number of halogens is 1.